The van der Waals surface area contributed by atoms with Crippen molar-refractivity contribution in [3.05, 3.63) is 217 Å². The van der Waals surface area contributed by atoms with Crippen LogP contribution in [0.15, 0.2) is 184 Å². The summed E-state index contributed by atoms with van der Waals surface area (Å²) in [7, 11) is 0. The van der Waals surface area contributed by atoms with E-state index in [0.717, 1.165) is 42.9 Å². The normalized spacial score (nSPS) is 10.3. The van der Waals surface area contributed by atoms with Gasteiger partial charge in [-0.25, -0.2) is 4.85 Å². The first kappa shape index (κ1) is 45.6. The number of pyridine rings is 1. The molecule has 0 aliphatic carbocycles. The van der Waals surface area contributed by atoms with E-state index < -0.39 is 5.97 Å². The molecule has 0 saturated carbocycles. The molecule has 7 aromatic rings. The van der Waals surface area contributed by atoms with E-state index in [1.165, 1.54) is 12.3 Å². The second kappa shape index (κ2) is 23.3. The maximum absolute atomic E-state index is 12.6. The van der Waals surface area contributed by atoms with Crippen molar-refractivity contribution < 1.29 is 23.8 Å². The lowest BCUT2D eigenvalue weighted by Gasteiger charge is -2.10. The van der Waals surface area contributed by atoms with Crippen LogP contribution in [0, 0.1) is 17.9 Å². The number of carbonyl (C=O) groups is 2. The van der Waals surface area contributed by atoms with Crippen molar-refractivity contribution in [2.24, 2.45) is 5.73 Å². The summed E-state index contributed by atoms with van der Waals surface area (Å²) in [6.07, 6.45) is 1.09. The Kier molecular flexibility index (Phi) is 17.1. The van der Waals surface area contributed by atoms with Crippen LogP contribution in [-0.2, 0) is 9.53 Å². The van der Waals surface area contributed by atoms with Gasteiger partial charge in [0, 0.05) is 32.0 Å². The minimum atomic E-state index is -0.484. The van der Waals surface area contributed by atoms with Gasteiger partial charge in [0.05, 0.1) is 18.9 Å². The molecule has 6 aromatic carbocycles. The van der Waals surface area contributed by atoms with Crippen LogP contribution in [-0.4, -0.2) is 23.3 Å². The zero-order valence-electron chi connectivity index (χ0n) is 33.3. The van der Waals surface area contributed by atoms with Crippen LogP contribution in [0.5, 0.6) is 23.0 Å². The van der Waals surface area contributed by atoms with Gasteiger partial charge in [0.1, 0.15) is 41.1 Å². The first-order valence-corrected chi connectivity index (χ1v) is 20.5. The predicted octanol–water partition coefficient (Wildman–Crippen LogP) is 12.4. The zero-order chi connectivity index (χ0) is 44.3. The number of benzene rings is 6. The van der Waals surface area contributed by atoms with Crippen LogP contribution in [0.25, 0.3) is 33.1 Å². The molecule has 0 amide bonds. The van der Waals surface area contributed by atoms with Gasteiger partial charge in [0.2, 0.25) is 5.43 Å². The molecule has 0 unspecified atom stereocenters. The molecule has 0 saturated heterocycles. The number of Topliss-reactive ketones (excluding diaryl/α,β-unsaturated/α-hetero) is 1. The number of hydrogen-bond acceptors (Lipinski definition) is 8. The van der Waals surface area contributed by atoms with Crippen LogP contribution in [0.1, 0.15) is 34.8 Å². The Bertz CT molecular complexity index is 2780. The number of nitrogens with two attached hydrogens (primary N) is 1. The molecule has 62 heavy (non-hydrogen) atoms. The fourth-order valence-corrected chi connectivity index (χ4v) is 6.40. The summed E-state index contributed by atoms with van der Waals surface area (Å²) in [5.41, 5.74) is 9.98. The van der Waals surface area contributed by atoms with Crippen molar-refractivity contribution >= 4 is 49.3 Å². The molecule has 1 aromatic heterocycles. The fraction of sp³-hybridized carbons (Fsp3) is 0.0600. The third kappa shape index (κ3) is 13.8. The largest absolute Gasteiger partial charge is 0.466 e. The number of aromatic nitrogens is 1. The SMILES string of the molecule is CCOC(=O)CC(=O)c1cccc(Br)c1.N#Cc1c(-c2ccc(Oc3ccccc3)cc2)[nH]c(-c2cccc(Br)c2)cc1=O.[C-]#[N+]/C=C(\N)c1ccc(Oc2ccccc2)cc1. The molecule has 0 bridgehead atoms. The molecule has 1 heterocycles. The van der Waals surface area contributed by atoms with Crippen LogP contribution < -0.4 is 20.6 Å². The molecular formula is C50H38Br2N4O6. The van der Waals surface area contributed by atoms with Gasteiger partial charge in [-0.2, -0.15) is 5.26 Å². The third-order valence-electron chi connectivity index (χ3n) is 8.53. The second-order valence-corrected chi connectivity index (χ2v) is 14.8. The molecule has 0 radical (unpaired) electrons. The van der Waals surface area contributed by atoms with E-state index in [4.69, 9.17) is 26.5 Å². The highest BCUT2D eigenvalue weighted by Gasteiger charge is 2.14. The maximum atomic E-state index is 12.6. The molecule has 10 nitrogen and oxygen atoms in total. The fourth-order valence-electron chi connectivity index (χ4n) is 5.60. The van der Waals surface area contributed by atoms with Crippen molar-refractivity contribution in [3.8, 4) is 51.6 Å². The van der Waals surface area contributed by atoms with E-state index in [2.05, 4.69) is 41.7 Å². The van der Waals surface area contributed by atoms with Crippen molar-refractivity contribution in [3.63, 3.8) is 0 Å². The van der Waals surface area contributed by atoms with Crippen molar-refractivity contribution in [2.45, 2.75) is 13.3 Å². The molecular weight excluding hydrogens is 912 g/mol. The molecule has 12 heteroatoms. The van der Waals surface area contributed by atoms with Gasteiger partial charge in [-0.1, -0.05) is 105 Å². The Hall–Kier alpha value is -7.51. The van der Waals surface area contributed by atoms with Gasteiger partial charge in [-0.05, 0) is 109 Å². The van der Waals surface area contributed by atoms with Gasteiger partial charge >= 0.3 is 5.97 Å². The highest BCUT2D eigenvalue weighted by atomic mass is 79.9. The number of nitrogens with one attached hydrogen (secondary N) is 1. The van der Waals surface area contributed by atoms with Gasteiger partial charge in [0.25, 0.3) is 0 Å². The third-order valence-corrected chi connectivity index (χ3v) is 9.51. The van der Waals surface area contributed by atoms with Crippen molar-refractivity contribution in [1.29, 1.82) is 5.26 Å². The summed E-state index contributed by atoms with van der Waals surface area (Å²) in [6.45, 7) is 8.72. The number of rotatable bonds is 11. The van der Waals surface area contributed by atoms with Crippen molar-refractivity contribution in [2.75, 3.05) is 6.61 Å². The minimum absolute atomic E-state index is 0.0838. The van der Waals surface area contributed by atoms with Crippen LogP contribution >= 0.6 is 31.9 Å². The lowest BCUT2D eigenvalue weighted by molar-refractivity contribution is -0.141. The topological polar surface area (TPSA) is 149 Å². The van der Waals surface area contributed by atoms with Gasteiger partial charge in [-0.3, -0.25) is 14.4 Å². The Labute approximate surface area is 375 Å². The maximum Gasteiger partial charge on any atom is 0.313 e. The zero-order valence-corrected chi connectivity index (χ0v) is 36.4. The Morgan fingerprint density at radius 3 is 1.79 bits per heavy atom. The number of para-hydroxylation sites is 2. The first-order chi connectivity index (χ1) is 30.1. The molecule has 0 spiro atoms. The first-order valence-electron chi connectivity index (χ1n) is 18.9. The Morgan fingerprint density at radius 2 is 1.26 bits per heavy atom. The number of aromatic amines is 1. The average Bonchev–Trinajstić information content (AvgIpc) is 3.28. The van der Waals surface area contributed by atoms with Crippen LogP contribution in [0.2, 0.25) is 0 Å². The highest BCUT2D eigenvalue weighted by Crippen LogP contribution is 2.29. The van der Waals surface area contributed by atoms with E-state index in [0.29, 0.717) is 35.0 Å². The number of esters is 1. The quantitative estimate of drug-likeness (QED) is 0.0563. The number of halogens is 2. The number of ketones is 1. The molecule has 3 N–H and O–H groups in total. The van der Waals surface area contributed by atoms with Crippen LogP contribution in [0.4, 0.5) is 0 Å². The molecule has 0 aliphatic heterocycles. The summed E-state index contributed by atoms with van der Waals surface area (Å²) in [5, 5.41) is 9.51. The number of carbonyl (C=O) groups excluding carboxylic acids is 2. The van der Waals surface area contributed by atoms with Gasteiger partial charge in [-0.15, -0.1) is 0 Å². The van der Waals surface area contributed by atoms with E-state index in [9.17, 15) is 19.6 Å². The summed E-state index contributed by atoms with van der Waals surface area (Å²) < 4.78 is 17.9. The summed E-state index contributed by atoms with van der Waals surface area (Å²) in [4.78, 5) is 41.6. The Balaban J connectivity index is 0.000000189. The number of ether oxygens (including phenoxy) is 3. The van der Waals surface area contributed by atoms with E-state index in [1.807, 2.05) is 146 Å². The van der Waals surface area contributed by atoms with E-state index >= 15 is 0 Å². The monoisotopic (exact) mass is 948 g/mol. The predicted molar refractivity (Wildman–Crippen MR) is 248 cm³/mol. The summed E-state index contributed by atoms with van der Waals surface area (Å²) in [5.74, 6) is 2.22. The van der Waals surface area contributed by atoms with Gasteiger partial charge < -0.3 is 24.9 Å². The molecule has 0 aliphatic rings. The molecule has 308 valence electrons. The standard InChI is InChI=1S/C24H15BrN2O2.C15H12N2O.C11H11BrO3/c25-18-6-4-5-17(13-18)22-14-23(28)21(15-26)24(27-22)16-9-11-20(12-10-16)29-19-7-2-1-3-8-19;1-17-11-15(16)12-7-9-14(10-8-12)18-13-5-3-2-4-6-13;1-2-15-11(14)7-10(13)8-4-3-5-9(12)6-8/h1-14H,(H,27,28);2-11H,16H2;3-6H,2,7H2,1H3/b;15-11-;. The molecule has 7 rings (SSSR count). The molecule has 0 atom stereocenters. The number of nitriles is 1. The average molecular weight is 951 g/mol. The second-order valence-electron chi connectivity index (χ2n) is 12.9. The number of hydrogen-bond donors (Lipinski definition) is 2. The summed E-state index contributed by atoms with van der Waals surface area (Å²) >= 11 is 6.71. The van der Waals surface area contributed by atoms with Crippen LogP contribution in [0.3, 0.4) is 0 Å². The Morgan fingerprint density at radius 1 is 0.710 bits per heavy atom. The number of H-pyrrole nitrogens is 1. The lowest BCUT2D eigenvalue weighted by atomic mass is 10.0. The van der Waals surface area contributed by atoms with E-state index in [1.54, 1.807) is 25.1 Å². The summed E-state index contributed by atoms with van der Waals surface area (Å²) in [6, 6.07) is 51.7. The van der Waals surface area contributed by atoms with Crippen molar-refractivity contribution in [1.82, 2.24) is 4.98 Å². The molecule has 0 fully saturated rings. The lowest BCUT2D eigenvalue weighted by Crippen LogP contribution is -2.11. The smallest absolute Gasteiger partial charge is 0.313 e. The highest BCUT2D eigenvalue weighted by molar-refractivity contribution is 9.10. The number of nitrogens with zero attached hydrogens (tertiary/aromatic N) is 2. The van der Waals surface area contributed by atoms with Gasteiger partial charge in [0.15, 0.2) is 12.0 Å². The van der Waals surface area contributed by atoms with E-state index in [-0.39, 0.29) is 23.2 Å². The minimum Gasteiger partial charge on any atom is -0.466 e.